The molecule has 1 aromatic carbocycles. The van der Waals surface area contributed by atoms with E-state index in [1.54, 1.807) is 12.1 Å². The lowest BCUT2D eigenvalue weighted by molar-refractivity contribution is -0.133. The molecule has 0 aromatic heterocycles. The Bertz CT molecular complexity index is 562. The van der Waals surface area contributed by atoms with Gasteiger partial charge in [-0.1, -0.05) is 15.9 Å². The van der Waals surface area contributed by atoms with Crippen LogP contribution in [0.5, 0.6) is 5.75 Å². The number of methoxy groups -OCH3 is 1. The second kappa shape index (κ2) is 7.74. The summed E-state index contributed by atoms with van der Waals surface area (Å²) >= 11 is 3.35. The van der Waals surface area contributed by atoms with Gasteiger partial charge >= 0.3 is 0 Å². The summed E-state index contributed by atoms with van der Waals surface area (Å²) in [5.41, 5.74) is 0.512. The van der Waals surface area contributed by atoms with Crippen molar-refractivity contribution in [2.75, 3.05) is 26.7 Å². The molecule has 0 aliphatic carbocycles. The van der Waals surface area contributed by atoms with Gasteiger partial charge in [0.2, 0.25) is 5.91 Å². The summed E-state index contributed by atoms with van der Waals surface area (Å²) in [6.07, 6.45) is 0.432. The summed E-state index contributed by atoms with van der Waals surface area (Å²) in [4.78, 5) is 26.5. The minimum absolute atomic E-state index is 0.0383. The Morgan fingerprint density at radius 2 is 2.18 bits per heavy atom. The Hall–Kier alpha value is -1.40. The SMILES string of the molecule is COc1ccc(Br)cc1C(=O)CCC(=O)N1CCNCC1C. The van der Waals surface area contributed by atoms with Crippen LogP contribution < -0.4 is 10.1 Å². The fourth-order valence-corrected chi connectivity index (χ4v) is 2.97. The van der Waals surface area contributed by atoms with Crippen LogP contribution in [0.3, 0.4) is 0 Å². The molecule has 22 heavy (non-hydrogen) atoms. The maximum Gasteiger partial charge on any atom is 0.223 e. The smallest absolute Gasteiger partial charge is 0.223 e. The fourth-order valence-electron chi connectivity index (χ4n) is 2.61. The van der Waals surface area contributed by atoms with Crippen LogP contribution in [0.2, 0.25) is 0 Å². The van der Waals surface area contributed by atoms with Gasteiger partial charge in [0.25, 0.3) is 0 Å². The molecule has 0 bridgehead atoms. The van der Waals surface area contributed by atoms with Gasteiger partial charge in [0, 0.05) is 43.0 Å². The lowest BCUT2D eigenvalue weighted by atomic mass is 10.0. The van der Waals surface area contributed by atoms with Crippen molar-refractivity contribution < 1.29 is 14.3 Å². The second-order valence-corrected chi connectivity index (χ2v) is 6.32. The molecule has 5 nitrogen and oxygen atoms in total. The van der Waals surface area contributed by atoms with Gasteiger partial charge < -0.3 is 15.0 Å². The molecule has 6 heteroatoms. The number of hydrogen-bond acceptors (Lipinski definition) is 4. The van der Waals surface area contributed by atoms with Crippen LogP contribution in [0, 0.1) is 0 Å². The molecule has 1 aliphatic rings. The number of benzene rings is 1. The third kappa shape index (κ3) is 4.08. The Balaban J connectivity index is 1.98. The molecule has 1 saturated heterocycles. The molecule has 2 rings (SSSR count). The van der Waals surface area contributed by atoms with Crippen LogP contribution in [0.4, 0.5) is 0 Å². The van der Waals surface area contributed by atoms with E-state index in [2.05, 4.69) is 21.2 Å². The molecule has 1 aliphatic heterocycles. The van der Waals surface area contributed by atoms with E-state index in [1.807, 2.05) is 17.9 Å². The fraction of sp³-hybridized carbons (Fsp3) is 0.500. The van der Waals surface area contributed by atoms with Crippen molar-refractivity contribution in [3.63, 3.8) is 0 Å². The van der Waals surface area contributed by atoms with E-state index in [-0.39, 0.29) is 30.6 Å². The van der Waals surface area contributed by atoms with Crippen molar-refractivity contribution in [1.82, 2.24) is 10.2 Å². The number of ether oxygens (including phenoxy) is 1. The molecule has 0 saturated carbocycles. The lowest BCUT2D eigenvalue weighted by Gasteiger charge is -2.34. The number of nitrogens with zero attached hydrogens (tertiary/aromatic N) is 1. The topological polar surface area (TPSA) is 58.6 Å². The highest BCUT2D eigenvalue weighted by molar-refractivity contribution is 9.10. The van der Waals surface area contributed by atoms with Gasteiger partial charge in [0.1, 0.15) is 5.75 Å². The Morgan fingerprint density at radius 1 is 1.41 bits per heavy atom. The van der Waals surface area contributed by atoms with Crippen LogP contribution in [-0.2, 0) is 4.79 Å². The number of Topliss-reactive ketones (excluding diaryl/α,β-unsaturated/α-hetero) is 1. The molecule has 1 aromatic rings. The molecule has 1 N–H and O–H groups in total. The maximum absolute atomic E-state index is 12.4. The average Bonchev–Trinajstić information content (AvgIpc) is 2.52. The molecule has 0 radical (unpaired) electrons. The quantitative estimate of drug-likeness (QED) is 0.809. The first-order chi connectivity index (χ1) is 10.5. The number of halogens is 1. The van der Waals surface area contributed by atoms with Crippen molar-refractivity contribution in [3.8, 4) is 5.75 Å². The minimum atomic E-state index is -0.0747. The van der Waals surface area contributed by atoms with Crippen molar-refractivity contribution in [3.05, 3.63) is 28.2 Å². The van der Waals surface area contributed by atoms with Gasteiger partial charge in [-0.05, 0) is 25.1 Å². The molecule has 0 spiro atoms. The number of nitrogens with one attached hydrogen (secondary N) is 1. The predicted molar refractivity (Wildman–Crippen MR) is 88.3 cm³/mol. The summed E-state index contributed by atoms with van der Waals surface area (Å²) in [7, 11) is 1.54. The van der Waals surface area contributed by atoms with Crippen molar-refractivity contribution in [1.29, 1.82) is 0 Å². The number of hydrogen-bond donors (Lipinski definition) is 1. The van der Waals surface area contributed by atoms with E-state index in [4.69, 9.17) is 4.74 Å². The van der Waals surface area contributed by atoms with Gasteiger partial charge in [-0.3, -0.25) is 9.59 Å². The highest BCUT2D eigenvalue weighted by atomic mass is 79.9. The second-order valence-electron chi connectivity index (χ2n) is 5.41. The van der Waals surface area contributed by atoms with Crippen molar-refractivity contribution >= 4 is 27.6 Å². The highest BCUT2D eigenvalue weighted by Crippen LogP contribution is 2.24. The zero-order valence-electron chi connectivity index (χ0n) is 12.9. The van der Waals surface area contributed by atoms with Crippen molar-refractivity contribution in [2.45, 2.75) is 25.8 Å². The van der Waals surface area contributed by atoms with E-state index >= 15 is 0 Å². The molecule has 1 unspecified atom stereocenters. The number of carbonyl (C=O) groups excluding carboxylic acids is 2. The summed E-state index contributed by atoms with van der Waals surface area (Å²) in [5, 5.41) is 3.25. The Morgan fingerprint density at radius 3 is 2.86 bits per heavy atom. The predicted octanol–water partition coefficient (Wildman–Crippen LogP) is 2.24. The molecule has 1 fully saturated rings. The zero-order chi connectivity index (χ0) is 16.1. The molecule has 1 amide bonds. The van der Waals surface area contributed by atoms with E-state index < -0.39 is 0 Å². The number of ketones is 1. The van der Waals surface area contributed by atoms with Gasteiger partial charge in [-0.25, -0.2) is 0 Å². The average molecular weight is 369 g/mol. The van der Waals surface area contributed by atoms with E-state index in [9.17, 15) is 9.59 Å². The third-order valence-electron chi connectivity index (χ3n) is 3.85. The normalized spacial score (nSPS) is 18.1. The van der Waals surface area contributed by atoms with Gasteiger partial charge in [0.05, 0.1) is 12.7 Å². The summed E-state index contributed by atoms with van der Waals surface area (Å²) in [6, 6.07) is 5.48. The lowest BCUT2D eigenvalue weighted by Crippen LogP contribution is -2.52. The monoisotopic (exact) mass is 368 g/mol. The van der Waals surface area contributed by atoms with Crippen LogP contribution in [0.1, 0.15) is 30.1 Å². The van der Waals surface area contributed by atoms with Gasteiger partial charge in [-0.2, -0.15) is 0 Å². The van der Waals surface area contributed by atoms with Crippen molar-refractivity contribution in [2.24, 2.45) is 0 Å². The van der Waals surface area contributed by atoms with Crippen LogP contribution >= 0.6 is 15.9 Å². The molecular weight excluding hydrogens is 348 g/mol. The first-order valence-corrected chi connectivity index (χ1v) is 8.19. The summed E-state index contributed by atoms with van der Waals surface area (Å²) < 4.78 is 6.03. The Labute approximate surface area is 139 Å². The molecule has 120 valence electrons. The third-order valence-corrected chi connectivity index (χ3v) is 4.34. The Kier molecular flexibility index (Phi) is 5.97. The summed E-state index contributed by atoms with van der Waals surface area (Å²) in [5.74, 6) is 0.502. The number of piperazine rings is 1. The minimum Gasteiger partial charge on any atom is -0.496 e. The number of rotatable bonds is 5. The van der Waals surface area contributed by atoms with Gasteiger partial charge in [-0.15, -0.1) is 0 Å². The zero-order valence-corrected chi connectivity index (χ0v) is 14.5. The van der Waals surface area contributed by atoms with E-state index in [0.29, 0.717) is 17.9 Å². The van der Waals surface area contributed by atoms with Crippen LogP contribution in [0.25, 0.3) is 0 Å². The summed E-state index contributed by atoms with van der Waals surface area (Å²) in [6.45, 7) is 4.33. The highest BCUT2D eigenvalue weighted by Gasteiger charge is 2.23. The van der Waals surface area contributed by atoms with E-state index in [0.717, 1.165) is 17.6 Å². The first kappa shape index (κ1) is 17.0. The molecule has 1 heterocycles. The molecule has 1 atom stereocenters. The maximum atomic E-state index is 12.4. The standard InChI is InChI=1S/C16H21BrN2O3/c1-11-10-18-7-8-19(11)16(21)6-4-14(20)13-9-12(17)3-5-15(13)22-2/h3,5,9,11,18H,4,6-8,10H2,1-2H3. The largest absolute Gasteiger partial charge is 0.496 e. The number of carbonyl (C=O) groups is 2. The van der Waals surface area contributed by atoms with Crippen LogP contribution in [-0.4, -0.2) is 49.4 Å². The van der Waals surface area contributed by atoms with Crippen LogP contribution in [0.15, 0.2) is 22.7 Å². The van der Waals surface area contributed by atoms with Gasteiger partial charge in [0.15, 0.2) is 5.78 Å². The molecular formula is C16H21BrN2O3. The number of amides is 1. The first-order valence-electron chi connectivity index (χ1n) is 7.40. The van der Waals surface area contributed by atoms with E-state index in [1.165, 1.54) is 7.11 Å².